The molecule has 0 unspecified atom stereocenters. The first kappa shape index (κ1) is 19.3. The lowest BCUT2D eigenvalue weighted by Crippen LogP contribution is -3.08. The zero-order valence-corrected chi connectivity index (χ0v) is 16.6. The third-order valence-corrected chi connectivity index (χ3v) is 5.39. The highest BCUT2D eigenvalue weighted by Crippen LogP contribution is 2.34. The van der Waals surface area contributed by atoms with Gasteiger partial charge in [-0.25, -0.2) is 4.79 Å². The summed E-state index contributed by atoms with van der Waals surface area (Å²) in [7, 11) is 0. The molecule has 0 radical (unpaired) electrons. The summed E-state index contributed by atoms with van der Waals surface area (Å²) in [5.74, 6) is 0.965. The fraction of sp³-hybridized carbons (Fsp3) is 0.348. The van der Waals surface area contributed by atoms with Gasteiger partial charge < -0.3 is 23.9 Å². The molecule has 3 aromatic rings. The van der Waals surface area contributed by atoms with Crippen molar-refractivity contribution in [1.29, 1.82) is 0 Å². The highest BCUT2D eigenvalue weighted by Gasteiger charge is 2.27. The van der Waals surface area contributed by atoms with Crippen molar-refractivity contribution in [2.24, 2.45) is 0 Å². The molecule has 4 rings (SSSR count). The maximum Gasteiger partial charge on any atom is 0.342 e. The Bertz CT molecular complexity index is 989. The number of nitrogens with one attached hydrogen (secondary N) is 1. The molecule has 0 amide bonds. The minimum Gasteiger partial charge on any atom is -0.507 e. The number of aryl methyl sites for hydroxylation is 1. The Hall–Kier alpha value is -2.99. The molecule has 0 bridgehead atoms. The summed E-state index contributed by atoms with van der Waals surface area (Å²) in [6.45, 7) is 4.96. The maximum atomic E-state index is 12.8. The topological polar surface area (TPSA) is 73.3 Å². The van der Waals surface area contributed by atoms with Crippen LogP contribution in [-0.4, -0.2) is 37.4 Å². The van der Waals surface area contributed by atoms with E-state index in [0.717, 1.165) is 24.4 Å². The lowest BCUT2D eigenvalue weighted by Gasteiger charge is -2.14. The molecule has 2 heterocycles. The van der Waals surface area contributed by atoms with Gasteiger partial charge in [0, 0.05) is 18.2 Å². The Morgan fingerprint density at radius 1 is 1.10 bits per heavy atom. The molecule has 0 spiro atoms. The van der Waals surface area contributed by atoms with Gasteiger partial charge in [0.1, 0.15) is 48.2 Å². The molecule has 1 fully saturated rings. The quantitative estimate of drug-likeness (QED) is 0.475. The van der Waals surface area contributed by atoms with Gasteiger partial charge in [-0.05, 0) is 31.2 Å². The molecule has 2 N–H and O–H groups in total. The van der Waals surface area contributed by atoms with E-state index in [9.17, 15) is 9.90 Å². The number of esters is 1. The molecule has 0 atom stereocenters. The predicted octanol–water partition coefficient (Wildman–Crippen LogP) is 2.86. The number of hydrogen-bond donors (Lipinski definition) is 2. The number of benzene rings is 2. The SMILES string of the molecule is Cc1oc2ccc(O)c(C[NH+]3CCCC3)c2c1C(=O)OCCOc1ccccc1. The first-order chi connectivity index (χ1) is 14.1. The van der Waals surface area contributed by atoms with Crippen LogP contribution in [0.5, 0.6) is 11.5 Å². The van der Waals surface area contributed by atoms with Gasteiger partial charge in [-0.1, -0.05) is 18.2 Å². The largest absolute Gasteiger partial charge is 0.507 e. The minimum absolute atomic E-state index is 0.130. The second-order valence-corrected chi connectivity index (χ2v) is 7.40. The van der Waals surface area contributed by atoms with Crippen molar-refractivity contribution in [1.82, 2.24) is 0 Å². The zero-order chi connectivity index (χ0) is 20.2. The molecule has 0 saturated carbocycles. The number of hydrogen-bond acceptors (Lipinski definition) is 5. The normalized spacial score (nSPS) is 14.4. The molecular weight excluding hydrogens is 370 g/mol. The molecule has 6 heteroatoms. The van der Waals surface area contributed by atoms with Crippen LogP contribution in [0.2, 0.25) is 0 Å². The van der Waals surface area contributed by atoms with Crippen molar-refractivity contribution in [2.75, 3.05) is 26.3 Å². The Balaban J connectivity index is 1.51. The fourth-order valence-electron chi connectivity index (χ4n) is 3.98. The second kappa shape index (κ2) is 8.57. The second-order valence-electron chi connectivity index (χ2n) is 7.40. The van der Waals surface area contributed by atoms with Crippen molar-refractivity contribution in [3.63, 3.8) is 0 Å². The van der Waals surface area contributed by atoms with E-state index in [4.69, 9.17) is 13.9 Å². The fourth-order valence-corrected chi connectivity index (χ4v) is 3.98. The number of fused-ring (bicyclic) bond motifs is 1. The number of phenolic OH excluding ortho intramolecular Hbond substituents is 1. The lowest BCUT2D eigenvalue weighted by molar-refractivity contribution is -0.901. The number of aromatic hydroxyl groups is 1. The van der Waals surface area contributed by atoms with Gasteiger partial charge in [0.25, 0.3) is 0 Å². The van der Waals surface area contributed by atoms with Gasteiger partial charge in [0.15, 0.2) is 0 Å². The summed E-state index contributed by atoms with van der Waals surface area (Å²) < 4.78 is 16.8. The van der Waals surface area contributed by atoms with E-state index in [-0.39, 0.29) is 19.0 Å². The molecule has 1 aliphatic heterocycles. The summed E-state index contributed by atoms with van der Waals surface area (Å²) in [6, 6.07) is 12.7. The molecule has 2 aromatic carbocycles. The highest BCUT2D eigenvalue weighted by molar-refractivity contribution is 6.06. The van der Waals surface area contributed by atoms with E-state index in [1.807, 2.05) is 30.3 Å². The smallest absolute Gasteiger partial charge is 0.342 e. The van der Waals surface area contributed by atoms with Crippen LogP contribution >= 0.6 is 0 Å². The van der Waals surface area contributed by atoms with E-state index in [0.29, 0.717) is 28.8 Å². The molecule has 152 valence electrons. The predicted molar refractivity (Wildman–Crippen MR) is 108 cm³/mol. The first-order valence-electron chi connectivity index (χ1n) is 10.1. The lowest BCUT2D eigenvalue weighted by atomic mass is 10.0. The van der Waals surface area contributed by atoms with Gasteiger partial charge in [-0.15, -0.1) is 0 Å². The number of furan rings is 1. The first-order valence-corrected chi connectivity index (χ1v) is 10.1. The van der Waals surface area contributed by atoms with Crippen LogP contribution in [0.4, 0.5) is 0 Å². The maximum absolute atomic E-state index is 12.8. The van der Waals surface area contributed by atoms with Gasteiger partial charge in [0.2, 0.25) is 0 Å². The van der Waals surface area contributed by atoms with Crippen LogP contribution in [0.25, 0.3) is 11.0 Å². The standard InChI is InChI=1S/C23H25NO5/c1-16-21(23(26)28-14-13-27-17-7-3-2-4-8-17)22-18(15-24-11-5-6-12-24)19(25)9-10-20(22)29-16/h2-4,7-10,25H,5-6,11-15H2,1H3/p+1. The number of carbonyl (C=O) groups excluding carboxylic acids is 1. The van der Waals surface area contributed by atoms with Crippen LogP contribution in [0.15, 0.2) is 46.9 Å². The molecule has 29 heavy (non-hydrogen) atoms. The number of likely N-dealkylation sites (tertiary alicyclic amines) is 1. The van der Waals surface area contributed by atoms with Gasteiger partial charge in [0.05, 0.1) is 18.7 Å². The van der Waals surface area contributed by atoms with Gasteiger partial charge in [-0.2, -0.15) is 0 Å². The minimum atomic E-state index is -0.457. The number of carbonyl (C=O) groups is 1. The number of rotatable bonds is 7. The van der Waals surface area contributed by atoms with Crippen LogP contribution in [-0.2, 0) is 11.3 Å². The van der Waals surface area contributed by atoms with Crippen LogP contribution in [0.1, 0.15) is 34.5 Å². The summed E-state index contributed by atoms with van der Waals surface area (Å²) in [5, 5.41) is 11.2. The molecule has 0 aliphatic carbocycles. The molecular formula is C23H26NO5+. The van der Waals surface area contributed by atoms with E-state index >= 15 is 0 Å². The average molecular weight is 396 g/mol. The highest BCUT2D eigenvalue weighted by atomic mass is 16.6. The van der Waals surface area contributed by atoms with Crippen molar-refractivity contribution in [2.45, 2.75) is 26.3 Å². The monoisotopic (exact) mass is 396 g/mol. The Morgan fingerprint density at radius 2 is 1.86 bits per heavy atom. The van der Waals surface area contributed by atoms with Crippen molar-refractivity contribution >= 4 is 16.9 Å². The third kappa shape index (κ3) is 4.22. The van der Waals surface area contributed by atoms with Crippen molar-refractivity contribution in [3.05, 3.63) is 59.4 Å². The number of para-hydroxylation sites is 1. The molecule has 1 aliphatic rings. The van der Waals surface area contributed by atoms with Crippen LogP contribution in [0, 0.1) is 6.92 Å². The molecule has 6 nitrogen and oxygen atoms in total. The average Bonchev–Trinajstić information content (AvgIpc) is 3.35. The van der Waals surface area contributed by atoms with E-state index in [2.05, 4.69) is 0 Å². The van der Waals surface area contributed by atoms with Crippen LogP contribution < -0.4 is 9.64 Å². The summed E-state index contributed by atoms with van der Waals surface area (Å²) in [6.07, 6.45) is 2.37. The van der Waals surface area contributed by atoms with Gasteiger partial charge >= 0.3 is 5.97 Å². The van der Waals surface area contributed by atoms with E-state index in [1.165, 1.54) is 17.7 Å². The Labute approximate surface area is 169 Å². The van der Waals surface area contributed by atoms with Crippen molar-refractivity contribution < 1.29 is 28.7 Å². The summed E-state index contributed by atoms with van der Waals surface area (Å²) in [5.41, 5.74) is 1.74. The summed E-state index contributed by atoms with van der Waals surface area (Å²) >= 11 is 0. The van der Waals surface area contributed by atoms with Crippen molar-refractivity contribution in [3.8, 4) is 11.5 Å². The van der Waals surface area contributed by atoms with Crippen LogP contribution in [0.3, 0.4) is 0 Å². The zero-order valence-electron chi connectivity index (χ0n) is 16.6. The van der Waals surface area contributed by atoms with E-state index in [1.54, 1.807) is 19.1 Å². The Morgan fingerprint density at radius 3 is 2.62 bits per heavy atom. The third-order valence-electron chi connectivity index (χ3n) is 5.39. The molecule has 1 aromatic heterocycles. The van der Waals surface area contributed by atoms with Gasteiger partial charge in [-0.3, -0.25) is 0 Å². The van der Waals surface area contributed by atoms with E-state index < -0.39 is 5.97 Å². The summed E-state index contributed by atoms with van der Waals surface area (Å²) in [4.78, 5) is 14.2. The Kier molecular flexibility index (Phi) is 5.71. The number of ether oxygens (including phenoxy) is 2. The number of quaternary nitrogens is 1. The molecule has 1 saturated heterocycles. The number of phenols is 1.